The molecule has 2 aliphatic rings. The van der Waals surface area contributed by atoms with E-state index in [1.807, 2.05) is 0 Å². The van der Waals surface area contributed by atoms with Crippen molar-refractivity contribution < 1.29 is 0 Å². The first-order valence-corrected chi connectivity index (χ1v) is 14.7. The lowest BCUT2D eigenvalue weighted by Crippen LogP contribution is -2.25. The van der Waals surface area contributed by atoms with Gasteiger partial charge < -0.3 is 0 Å². The molecule has 0 aliphatic heterocycles. The topological polar surface area (TPSA) is 0 Å². The van der Waals surface area contributed by atoms with Crippen LogP contribution < -0.4 is 15.9 Å². The second-order valence-electron chi connectivity index (χ2n) is 10.5. The van der Waals surface area contributed by atoms with Crippen LogP contribution in [0.25, 0.3) is 11.1 Å². The van der Waals surface area contributed by atoms with Crippen LogP contribution in [-0.4, -0.2) is 0 Å². The summed E-state index contributed by atoms with van der Waals surface area (Å²) >= 11 is 0. The lowest BCUT2D eigenvalue weighted by atomic mass is 9.81. The summed E-state index contributed by atoms with van der Waals surface area (Å²) in [7, 11) is -0.651. The fraction of sp³-hybridized carbons (Fsp3) is 0.294. The second kappa shape index (κ2) is 9.75. The van der Waals surface area contributed by atoms with Crippen molar-refractivity contribution in [3.63, 3.8) is 0 Å². The zero-order valence-corrected chi connectivity index (χ0v) is 22.0. The van der Waals surface area contributed by atoms with Gasteiger partial charge in [0.15, 0.2) is 0 Å². The summed E-state index contributed by atoms with van der Waals surface area (Å²) in [5.74, 6) is 0. The van der Waals surface area contributed by atoms with Gasteiger partial charge in [-0.2, -0.15) is 0 Å². The molecule has 0 atom stereocenters. The summed E-state index contributed by atoms with van der Waals surface area (Å²) in [5, 5.41) is 4.48. The van der Waals surface area contributed by atoms with Gasteiger partial charge in [-0.1, -0.05) is 90.0 Å². The predicted molar refractivity (Wildman–Crippen MR) is 153 cm³/mol. The molecule has 0 aromatic heterocycles. The minimum absolute atomic E-state index is 0.651. The Morgan fingerprint density at radius 1 is 0.543 bits per heavy atom. The summed E-state index contributed by atoms with van der Waals surface area (Å²) in [4.78, 5) is 0. The van der Waals surface area contributed by atoms with Gasteiger partial charge in [-0.3, -0.25) is 0 Å². The monoisotopic (exact) mass is 474 g/mol. The van der Waals surface area contributed by atoms with Crippen molar-refractivity contribution in [1.29, 1.82) is 0 Å². The molecule has 4 aromatic rings. The van der Waals surface area contributed by atoms with Crippen LogP contribution in [0.15, 0.2) is 78.9 Å². The van der Waals surface area contributed by atoms with Gasteiger partial charge in [0.1, 0.15) is 0 Å². The largest absolute Gasteiger partial charge is 0.0614 e. The summed E-state index contributed by atoms with van der Waals surface area (Å²) in [5.41, 5.74) is 12.2. The van der Waals surface area contributed by atoms with Crippen molar-refractivity contribution in [1.82, 2.24) is 0 Å². The minimum atomic E-state index is -0.651. The maximum atomic E-state index is 2.51. The van der Waals surface area contributed by atoms with Crippen LogP contribution in [0.4, 0.5) is 0 Å². The molecule has 0 nitrogen and oxygen atoms in total. The molecule has 35 heavy (non-hydrogen) atoms. The van der Waals surface area contributed by atoms with Gasteiger partial charge in [0, 0.05) is 0 Å². The highest BCUT2D eigenvalue weighted by atomic mass is 31.1. The average molecular weight is 475 g/mol. The molecule has 0 fully saturated rings. The first-order valence-electron chi connectivity index (χ1n) is 13.4. The van der Waals surface area contributed by atoms with Crippen LogP contribution in [0.2, 0.25) is 0 Å². The Kier molecular flexibility index (Phi) is 6.34. The Hall–Kier alpha value is -2.69. The van der Waals surface area contributed by atoms with E-state index in [0.717, 1.165) is 0 Å². The van der Waals surface area contributed by atoms with Gasteiger partial charge >= 0.3 is 0 Å². The van der Waals surface area contributed by atoms with Crippen LogP contribution in [0.5, 0.6) is 0 Å². The number of hydrogen-bond donors (Lipinski definition) is 0. The predicted octanol–water partition coefficient (Wildman–Crippen LogP) is 7.49. The van der Waals surface area contributed by atoms with Crippen molar-refractivity contribution in [2.75, 3.05) is 0 Å². The van der Waals surface area contributed by atoms with E-state index >= 15 is 0 Å². The third-order valence-electron chi connectivity index (χ3n) is 7.94. The lowest BCUT2D eigenvalue weighted by molar-refractivity contribution is 0.682. The standard InChI is InChI=1S/C34H35P/c1-24-10-7-15-28(22-24)35(29-16-8-11-25(2)23-29)33-21-20-27-13-4-6-18-31(27)34(33)32-19-9-14-26-12-3-5-17-30(26)32/h7-11,14-16,19-23H,3-6,12-13,17-18H2,1-2H3. The maximum Gasteiger partial charge on any atom is -0.00626 e. The van der Waals surface area contributed by atoms with Crippen molar-refractivity contribution >= 4 is 23.8 Å². The second-order valence-corrected chi connectivity index (χ2v) is 12.7. The molecule has 0 bridgehead atoms. The summed E-state index contributed by atoms with van der Waals surface area (Å²) < 4.78 is 0. The smallest absolute Gasteiger partial charge is 0.00626 e. The quantitative estimate of drug-likeness (QED) is 0.269. The van der Waals surface area contributed by atoms with Crippen molar-refractivity contribution in [3.8, 4) is 11.1 Å². The normalized spacial score (nSPS) is 15.1. The Labute approximate surface area is 212 Å². The van der Waals surface area contributed by atoms with Crippen LogP contribution in [0, 0.1) is 13.8 Å². The molecule has 0 unspecified atom stereocenters. The molecule has 6 rings (SSSR count). The summed E-state index contributed by atoms with van der Waals surface area (Å²) in [6.45, 7) is 4.46. The highest BCUT2D eigenvalue weighted by Gasteiger charge is 2.27. The Morgan fingerprint density at radius 2 is 1.11 bits per heavy atom. The third-order valence-corrected chi connectivity index (χ3v) is 10.4. The molecule has 0 N–H and O–H groups in total. The summed E-state index contributed by atoms with van der Waals surface area (Å²) in [6.07, 6.45) is 10.2. The van der Waals surface area contributed by atoms with Gasteiger partial charge in [-0.05, 0) is 122 Å². The van der Waals surface area contributed by atoms with E-state index in [1.165, 1.54) is 78.7 Å². The first-order chi connectivity index (χ1) is 17.2. The van der Waals surface area contributed by atoms with E-state index in [9.17, 15) is 0 Å². The molecule has 0 spiro atoms. The van der Waals surface area contributed by atoms with E-state index in [2.05, 4.69) is 92.7 Å². The molecule has 0 saturated carbocycles. The van der Waals surface area contributed by atoms with E-state index in [-0.39, 0.29) is 0 Å². The van der Waals surface area contributed by atoms with E-state index in [1.54, 1.807) is 33.1 Å². The fourth-order valence-electron chi connectivity index (χ4n) is 6.28. The van der Waals surface area contributed by atoms with E-state index in [0.29, 0.717) is 0 Å². The number of aryl methyl sites for hydroxylation is 4. The number of hydrogen-bond acceptors (Lipinski definition) is 0. The van der Waals surface area contributed by atoms with Gasteiger partial charge in [-0.15, -0.1) is 0 Å². The van der Waals surface area contributed by atoms with Gasteiger partial charge in [0.05, 0.1) is 0 Å². The molecular weight excluding hydrogens is 439 g/mol. The molecule has 0 heterocycles. The molecule has 0 saturated heterocycles. The Bertz CT molecular complexity index is 1330. The van der Waals surface area contributed by atoms with E-state index < -0.39 is 7.92 Å². The third kappa shape index (κ3) is 4.39. The molecule has 176 valence electrons. The number of benzene rings is 4. The zero-order valence-electron chi connectivity index (χ0n) is 21.1. The highest BCUT2D eigenvalue weighted by Crippen LogP contribution is 2.43. The SMILES string of the molecule is Cc1cccc(P(c2cccc(C)c2)c2ccc3c(c2-c2cccc4c2CCCC4)CCCC3)c1. The van der Waals surface area contributed by atoms with Gasteiger partial charge in [0.25, 0.3) is 0 Å². The first kappa shape index (κ1) is 22.8. The summed E-state index contributed by atoms with van der Waals surface area (Å²) in [6, 6.07) is 30.7. The van der Waals surface area contributed by atoms with Crippen LogP contribution in [0.1, 0.15) is 59.1 Å². The highest BCUT2D eigenvalue weighted by molar-refractivity contribution is 7.80. The van der Waals surface area contributed by atoms with E-state index in [4.69, 9.17) is 0 Å². The molecule has 4 aromatic carbocycles. The Morgan fingerprint density at radius 3 is 1.77 bits per heavy atom. The van der Waals surface area contributed by atoms with Crippen molar-refractivity contribution in [3.05, 3.63) is 112 Å². The lowest BCUT2D eigenvalue weighted by Gasteiger charge is -2.30. The molecule has 2 aliphatic carbocycles. The van der Waals surface area contributed by atoms with Crippen molar-refractivity contribution in [2.24, 2.45) is 0 Å². The molecular formula is C34H35P. The molecule has 1 heteroatoms. The molecule has 0 amide bonds. The fourth-order valence-corrected chi connectivity index (χ4v) is 8.97. The van der Waals surface area contributed by atoms with Crippen LogP contribution >= 0.6 is 7.92 Å². The minimum Gasteiger partial charge on any atom is -0.0614 e. The zero-order chi connectivity index (χ0) is 23.8. The average Bonchev–Trinajstić information content (AvgIpc) is 2.89. The molecule has 0 radical (unpaired) electrons. The van der Waals surface area contributed by atoms with Gasteiger partial charge in [0.2, 0.25) is 0 Å². The van der Waals surface area contributed by atoms with Gasteiger partial charge in [-0.25, -0.2) is 0 Å². The van der Waals surface area contributed by atoms with Crippen LogP contribution in [-0.2, 0) is 25.7 Å². The maximum absolute atomic E-state index is 2.51. The number of rotatable bonds is 4. The van der Waals surface area contributed by atoms with Crippen molar-refractivity contribution in [2.45, 2.75) is 65.2 Å². The Balaban J connectivity index is 1.66. The number of fused-ring (bicyclic) bond motifs is 2. The van der Waals surface area contributed by atoms with Crippen LogP contribution in [0.3, 0.4) is 0 Å².